The fraction of sp³-hybridized carbons (Fsp3) is 0.300. The van der Waals surface area contributed by atoms with Gasteiger partial charge < -0.3 is 19.5 Å². The molecule has 162 valence electrons. The summed E-state index contributed by atoms with van der Waals surface area (Å²) in [5, 5.41) is 0.485. The van der Waals surface area contributed by atoms with Crippen molar-refractivity contribution in [1.29, 1.82) is 0 Å². The van der Waals surface area contributed by atoms with Crippen molar-refractivity contribution in [3.8, 4) is 11.5 Å². The van der Waals surface area contributed by atoms with Crippen LogP contribution >= 0.6 is 11.6 Å². The predicted molar refractivity (Wildman–Crippen MR) is 104 cm³/mol. The minimum Gasteiger partial charge on any atom is -0.497 e. The van der Waals surface area contributed by atoms with Gasteiger partial charge in [0.2, 0.25) is 0 Å². The largest absolute Gasteiger partial charge is 0.497 e. The highest BCUT2D eigenvalue weighted by Gasteiger charge is 2.40. The van der Waals surface area contributed by atoms with Crippen molar-refractivity contribution in [1.82, 2.24) is 0 Å². The van der Waals surface area contributed by atoms with Crippen LogP contribution in [-0.4, -0.2) is 44.6 Å². The number of Topliss-reactive ketones (excluding diaryl/α,β-unsaturated/α-hetero) is 1. The first-order valence-corrected chi connectivity index (χ1v) is 8.97. The van der Waals surface area contributed by atoms with E-state index in [0.717, 1.165) is 0 Å². The van der Waals surface area contributed by atoms with Crippen molar-refractivity contribution in [2.45, 2.75) is 17.7 Å². The maximum absolute atomic E-state index is 12.8. The second-order valence-electron chi connectivity index (χ2n) is 6.06. The molecule has 6 nitrogen and oxygen atoms in total. The number of amides is 1. The van der Waals surface area contributed by atoms with E-state index in [0.29, 0.717) is 5.75 Å². The van der Waals surface area contributed by atoms with Gasteiger partial charge in [0.05, 0.1) is 19.9 Å². The van der Waals surface area contributed by atoms with Gasteiger partial charge in [0.1, 0.15) is 23.0 Å². The number of hydrogen-bond acceptors (Lipinski definition) is 5. The standard InChI is InChI=1S/C20H19ClF3NO5/c1-28-12-6-4-11(5-7-12)17(26)16(21)18(30-3)14-9-8-13(29-2)10-15(14)25-19(27)20(22,23)24/h4-10,16,18H,1-3H3,(H,25,27). The van der Waals surface area contributed by atoms with Crippen LogP contribution in [0.25, 0.3) is 0 Å². The Morgan fingerprint density at radius 3 is 2.03 bits per heavy atom. The lowest BCUT2D eigenvalue weighted by molar-refractivity contribution is -0.167. The minimum atomic E-state index is -5.11. The topological polar surface area (TPSA) is 73.9 Å². The molecule has 2 aromatic carbocycles. The summed E-state index contributed by atoms with van der Waals surface area (Å²) in [4.78, 5) is 24.2. The molecule has 0 radical (unpaired) electrons. The molecule has 0 spiro atoms. The van der Waals surface area contributed by atoms with Crippen LogP contribution in [0.4, 0.5) is 18.9 Å². The number of anilines is 1. The third-order valence-electron chi connectivity index (χ3n) is 4.22. The Hall–Kier alpha value is -2.78. The van der Waals surface area contributed by atoms with Gasteiger partial charge >= 0.3 is 12.1 Å². The molecule has 0 aliphatic carbocycles. The summed E-state index contributed by atoms with van der Waals surface area (Å²) < 4.78 is 53.6. The second kappa shape index (κ2) is 9.82. The monoisotopic (exact) mass is 445 g/mol. The normalized spacial score (nSPS) is 13.3. The number of benzene rings is 2. The lowest BCUT2D eigenvalue weighted by Crippen LogP contribution is -2.31. The zero-order valence-corrected chi connectivity index (χ0v) is 17.0. The number of hydrogen-bond donors (Lipinski definition) is 1. The van der Waals surface area contributed by atoms with Crippen LogP contribution in [0, 0.1) is 0 Å². The molecule has 0 heterocycles. The number of halogens is 4. The van der Waals surface area contributed by atoms with Gasteiger partial charge in [-0.25, -0.2) is 0 Å². The first-order valence-electron chi connectivity index (χ1n) is 8.53. The zero-order valence-electron chi connectivity index (χ0n) is 16.2. The molecule has 2 atom stereocenters. The fourth-order valence-electron chi connectivity index (χ4n) is 2.67. The molecule has 2 aromatic rings. The highest BCUT2D eigenvalue weighted by atomic mass is 35.5. The number of rotatable bonds is 8. The first kappa shape index (κ1) is 23.5. The van der Waals surface area contributed by atoms with Gasteiger partial charge in [-0.15, -0.1) is 11.6 Å². The summed E-state index contributed by atoms with van der Waals surface area (Å²) >= 11 is 6.34. The number of carbonyl (C=O) groups is 2. The Kier molecular flexibility index (Phi) is 7.69. The summed E-state index contributed by atoms with van der Waals surface area (Å²) in [5.74, 6) is -1.97. The van der Waals surface area contributed by atoms with Crippen molar-refractivity contribution in [2.75, 3.05) is 26.6 Å². The van der Waals surface area contributed by atoms with Gasteiger partial charge in [-0.3, -0.25) is 9.59 Å². The van der Waals surface area contributed by atoms with Crippen molar-refractivity contribution in [2.24, 2.45) is 0 Å². The predicted octanol–water partition coefficient (Wildman–Crippen LogP) is 4.38. The highest BCUT2D eigenvalue weighted by molar-refractivity contribution is 6.34. The first-order chi connectivity index (χ1) is 14.1. The molecule has 0 saturated carbocycles. The van der Waals surface area contributed by atoms with Crippen LogP contribution in [0.2, 0.25) is 0 Å². The summed E-state index contributed by atoms with van der Waals surface area (Å²) in [6.07, 6.45) is -6.27. The van der Waals surface area contributed by atoms with Crippen LogP contribution in [0.3, 0.4) is 0 Å². The Bertz CT molecular complexity index is 902. The smallest absolute Gasteiger partial charge is 0.471 e. The average molecular weight is 446 g/mol. The molecule has 0 aromatic heterocycles. The molecule has 1 N–H and O–H groups in total. The van der Waals surface area contributed by atoms with Gasteiger partial charge in [-0.2, -0.15) is 13.2 Å². The SMILES string of the molecule is COc1ccc(C(=O)C(Cl)C(OC)c2ccc(OC)cc2NC(=O)C(F)(F)F)cc1. The van der Waals surface area contributed by atoms with Gasteiger partial charge in [0, 0.05) is 24.3 Å². The number of methoxy groups -OCH3 is 3. The maximum Gasteiger partial charge on any atom is 0.471 e. The van der Waals surface area contributed by atoms with Gasteiger partial charge in [-0.1, -0.05) is 6.07 Å². The Labute approximate surface area is 175 Å². The Balaban J connectivity index is 2.39. The molecule has 0 fully saturated rings. The highest BCUT2D eigenvalue weighted by Crippen LogP contribution is 2.35. The van der Waals surface area contributed by atoms with Crippen LogP contribution < -0.4 is 14.8 Å². The number of ether oxygens (including phenoxy) is 3. The summed E-state index contributed by atoms with van der Waals surface area (Å²) in [7, 11) is 4.04. The van der Waals surface area contributed by atoms with E-state index in [-0.39, 0.29) is 22.6 Å². The van der Waals surface area contributed by atoms with Crippen LogP contribution in [0.1, 0.15) is 22.0 Å². The molecular weight excluding hydrogens is 427 g/mol. The van der Waals surface area contributed by atoms with E-state index < -0.39 is 29.3 Å². The summed E-state index contributed by atoms with van der Waals surface area (Å²) in [6.45, 7) is 0. The van der Waals surface area contributed by atoms with E-state index in [9.17, 15) is 22.8 Å². The van der Waals surface area contributed by atoms with Crippen molar-refractivity contribution >= 4 is 29.0 Å². The van der Waals surface area contributed by atoms with E-state index >= 15 is 0 Å². The molecule has 0 aliphatic heterocycles. The molecule has 2 unspecified atom stereocenters. The molecule has 0 saturated heterocycles. The quantitative estimate of drug-likeness (QED) is 0.482. The molecular formula is C20H19ClF3NO5. The average Bonchev–Trinajstić information content (AvgIpc) is 2.73. The fourth-order valence-corrected chi connectivity index (χ4v) is 3.03. The summed E-state index contributed by atoms with van der Waals surface area (Å²) in [5.41, 5.74) is 0.0988. The zero-order chi connectivity index (χ0) is 22.5. The lowest BCUT2D eigenvalue weighted by atomic mass is 9.97. The summed E-state index contributed by atoms with van der Waals surface area (Å²) in [6, 6.07) is 10.2. The molecule has 2 rings (SSSR count). The molecule has 10 heteroatoms. The maximum atomic E-state index is 12.8. The van der Waals surface area contributed by atoms with Crippen molar-refractivity contribution in [3.63, 3.8) is 0 Å². The Morgan fingerprint density at radius 1 is 0.967 bits per heavy atom. The van der Waals surface area contributed by atoms with Gasteiger partial charge in [0.25, 0.3) is 0 Å². The minimum absolute atomic E-state index is 0.0813. The Morgan fingerprint density at radius 2 is 1.53 bits per heavy atom. The molecule has 1 amide bonds. The van der Waals surface area contributed by atoms with E-state index in [1.54, 1.807) is 17.4 Å². The molecule has 0 aliphatic rings. The van der Waals surface area contributed by atoms with Gasteiger partial charge in [-0.05, 0) is 30.3 Å². The third kappa shape index (κ3) is 5.43. The van der Waals surface area contributed by atoms with Crippen LogP contribution in [0.5, 0.6) is 11.5 Å². The number of nitrogens with one attached hydrogen (secondary N) is 1. The molecule has 30 heavy (non-hydrogen) atoms. The third-order valence-corrected chi connectivity index (χ3v) is 4.64. The van der Waals surface area contributed by atoms with Crippen LogP contribution in [-0.2, 0) is 9.53 Å². The van der Waals surface area contributed by atoms with E-state index in [1.165, 1.54) is 51.7 Å². The van der Waals surface area contributed by atoms with Crippen molar-refractivity contribution in [3.05, 3.63) is 53.6 Å². The number of ketones is 1. The number of carbonyl (C=O) groups excluding carboxylic acids is 2. The van der Waals surface area contributed by atoms with Crippen LogP contribution in [0.15, 0.2) is 42.5 Å². The second-order valence-corrected chi connectivity index (χ2v) is 6.53. The van der Waals surface area contributed by atoms with E-state index in [1.807, 2.05) is 0 Å². The van der Waals surface area contributed by atoms with E-state index in [2.05, 4.69) is 0 Å². The van der Waals surface area contributed by atoms with Crippen molar-refractivity contribution < 1.29 is 37.0 Å². The van der Waals surface area contributed by atoms with Gasteiger partial charge in [0.15, 0.2) is 5.78 Å². The lowest BCUT2D eigenvalue weighted by Gasteiger charge is -2.24. The number of alkyl halides is 4. The van der Waals surface area contributed by atoms with E-state index in [4.69, 9.17) is 25.8 Å². The molecule has 0 bridgehead atoms.